The van der Waals surface area contributed by atoms with Crippen molar-refractivity contribution in [1.82, 2.24) is 4.72 Å². The second-order valence-corrected chi connectivity index (χ2v) is 8.09. The Morgan fingerprint density at radius 3 is 2.74 bits per heavy atom. The van der Waals surface area contributed by atoms with Crippen LogP contribution in [0, 0.1) is 0 Å². The van der Waals surface area contributed by atoms with Crippen LogP contribution in [0.3, 0.4) is 0 Å². The minimum Gasteiger partial charge on any atom is -0.496 e. The molecule has 0 spiro atoms. The van der Waals surface area contributed by atoms with Gasteiger partial charge in [0.05, 0.1) is 24.2 Å². The summed E-state index contributed by atoms with van der Waals surface area (Å²) in [6.07, 6.45) is -0.160. The molecule has 0 bridgehead atoms. The molecule has 8 heteroatoms. The number of fused-ring (bicyclic) bond motifs is 1. The SMILES string of the molecule is COc1ccccc1CNS(=O)(=O)c1ccc2c(c1)N(C(C)=O)CC(C)O2. The fourth-order valence-electron chi connectivity index (χ4n) is 2.99. The number of anilines is 1. The highest BCUT2D eigenvalue weighted by molar-refractivity contribution is 7.89. The standard InChI is InChI=1S/C19H22N2O5S/c1-13-12-21(14(2)22)17-10-16(8-9-19(17)26-13)27(23,24)20-11-15-6-4-5-7-18(15)25-3/h4-10,13,20H,11-12H2,1-3H3. The van der Waals surface area contributed by atoms with Crippen LogP contribution in [0.15, 0.2) is 47.4 Å². The molecule has 1 N–H and O–H groups in total. The van der Waals surface area contributed by atoms with Crippen molar-refractivity contribution in [2.75, 3.05) is 18.6 Å². The normalized spacial score (nSPS) is 16.4. The molecular formula is C19H22N2O5S. The molecule has 3 rings (SSSR count). The van der Waals surface area contributed by atoms with E-state index in [1.54, 1.807) is 18.2 Å². The summed E-state index contributed by atoms with van der Waals surface area (Å²) in [6, 6.07) is 11.7. The van der Waals surface area contributed by atoms with Gasteiger partial charge in [-0.3, -0.25) is 4.79 Å². The van der Waals surface area contributed by atoms with E-state index in [-0.39, 0.29) is 23.5 Å². The van der Waals surface area contributed by atoms with E-state index in [0.717, 1.165) is 5.56 Å². The van der Waals surface area contributed by atoms with E-state index in [0.29, 0.717) is 23.7 Å². The highest BCUT2D eigenvalue weighted by Crippen LogP contribution is 2.35. The fraction of sp³-hybridized carbons (Fsp3) is 0.316. The average Bonchev–Trinajstić information content (AvgIpc) is 2.65. The molecule has 2 aromatic carbocycles. The fourth-order valence-corrected chi connectivity index (χ4v) is 4.01. The van der Waals surface area contributed by atoms with Crippen LogP contribution in [-0.2, 0) is 21.4 Å². The van der Waals surface area contributed by atoms with Crippen LogP contribution in [0.4, 0.5) is 5.69 Å². The monoisotopic (exact) mass is 390 g/mol. The Kier molecular flexibility index (Phi) is 5.38. The average molecular weight is 390 g/mol. The molecule has 1 amide bonds. The van der Waals surface area contributed by atoms with Crippen molar-refractivity contribution >= 4 is 21.6 Å². The van der Waals surface area contributed by atoms with E-state index in [2.05, 4.69) is 4.72 Å². The van der Waals surface area contributed by atoms with Gasteiger partial charge < -0.3 is 14.4 Å². The number of sulfonamides is 1. The number of nitrogens with zero attached hydrogens (tertiary/aromatic N) is 1. The Labute approximate surface area is 158 Å². The second kappa shape index (κ2) is 7.58. The Hall–Kier alpha value is -2.58. The van der Waals surface area contributed by atoms with E-state index in [4.69, 9.17) is 9.47 Å². The molecule has 144 valence electrons. The van der Waals surface area contributed by atoms with Crippen molar-refractivity contribution in [3.05, 3.63) is 48.0 Å². The third-order valence-corrected chi connectivity index (χ3v) is 5.72. The molecule has 0 fully saturated rings. The molecule has 0 aromatic heterocycles. The number of carbonyl (C=O) groups excluding carboxylic acids is 1. The first-order valence-corrected chi connectivity index (χ1v) is 10.0. The number of para-hydroxylation sites is 1. The molecule has 1 aliphatic rings. The van der Waals surface area contributed by atoms with Gasteiger partial charge in [0.15, 0.2) is 0 Å². The van der Waals surface area contributed by atoms with Gasteiger partial charge in [-0.15, -0.1) is 0 Å². The molecule has 27 heavy (non-hydrogen) atoms. The minimum absolute atomic E-state index is 0.0700. The largest absolute Gasteiger partial charge is 0.496 e. The van der Waals surface area contributed by atoms with E-state index in [1.807, 2.05) is 19.1 Å². The van der Waals surface area contributed by atoms with Crippen LogP contribution in [0.1, 0.15) is 19.4 Å². The van der Waals surface area contributed by atoms with Gasteiger partial charge in [0, 0.05) is 19.0 Å². The van der Waals surface area contributed by atoms with Gasteiger partial charge in [-0.1, -0.05) is 18.2 Å². The van der Waals surface area contributed by atoms with Gasteiger partial charge in [-0.05, 0) is 31.2 Å². The van der Waals surface area contributed by atoms with Gasteiger partial charge in [-0.25, -0.2) is 13.1 Å². The van der Waals surface area contributed by atoms with E-state index in [9.17, 15) is 13.2 Å². The molecule has 7 nitrogen and oxygen atoms in total. The van der Waals surface area contributed by atoms with Crippen molar-refractivity contribution in [1.29, 1.82) is 0 Å². The third-order valence-electron chi connectivity index (χ3n) is 4.32. The highest BCUT2D eigenvalue weighted by atomic mass is 32.2. The molecule has 1 heterocycles. The smallest absolute Gasteiger partial charge is 0.240 e. The number of hydrogen-bond acceptors (Lipinski definition) is 5. The first-order valence-electron chi connectivity index (χ1n) is 8.52. The topological polar surface area (TPSA) is 84.9 Å². The Bertz CT molecular complexity index is 958. The number of amides is 1. The number of carbonyl (C=O) groups is 1. The predicted molar refractivity (Wildman–Crippen MR) is 102 cm³/mol. The summed E-state index contributed by atoms with van der Waals surface area (Å²) < 4.78 is 39.0. The van der Waals surface area contributed by atoms with Crippen LogP contribution in [0.2, 0.25) is 0 Å². The van der Waals surface area contributed by atoms with Crippen molar-refractivity contribution in [2.24, 2.45) is 0 Å². The molecule has 0 aliphatic carbocycles. The summed E-state index contributed by atoms with van der Waals surface area (Å²) in [5.41, 5.74) is 1.19. The van der Waals surface area contributed by atoms with Gasteiger partial charge in [0.25, 0.3) is 0 Å². The maximum absolute atomic E-state index is 12.7. The van der Waals surface area contributed by atoms with Crippen molar-refractivity contribution in [3.8, 4) is 11.5 Å². The lowest BCUT2D eigenvalue weighted by Gasteiger charge is -2.33. The number of ether oxygens (including phenoxy) is 2. The van der Waals surface area contributed by atoms with Gasteiger partial charge in [0.1, 0.15) is 17.6 Å². The van der Waals surface area contributed by atoms with Gasteiger partial charge in [0.2, 0.25) is 15.9 Å². The Morgan fingerprint density at radius 2 is 2.04 bits per heavy atom. The van der Waals surface area contributed by atoms with E-state index >= 15 is 0 Å². The van der Waals surface area contributed by atoms with Gasteiger partial charge >= 0.3 is 0 Å². The first-order chi connectivity index (χ1) is 12.8. The van der Waals surface area contributed by atoms with Crippen LogP contribution in [-0.4, -0.2) is 34.1 Å². The summed E-state index contributed by atoms with van der Waals surface area (Å²) in [5, 5.41) is 0. The van der Waals surface area contributed by atoms with E-state index in [1.165, 1.54) is 31.1 Å². The van der Waals surface area contributed by atoms with Crippen molar-refractivity contribution < 1.29 is 22.7 Å². The Morgan fingerprint density at radius 1 is 1.30 bits per heavy atom. The molecular weight excluding hydrogens is 368 g/mol. The van der Waals surface area contributed by atoms with Crippen LogP contribution in [0.25, 0.3) is 0 Å². The zero-order valence-corrected chi connectivity index (χ0v) is 16.2. The summed E-state index contributed by atoms with van der Waals surface area (Å²) in [5.74, 6) is 0.936. The molecule has 1 unspecified atom stereocenters. The lowest BCUT2D eigenvalue weighted by molar-refractivity contribution is -0.117. The molecule has 2 aromatic rings. The highest BCUT2D eigenvalue weighted by Gasteiger charge is 2.27. The molecule has 1 atom stereocenters. The summed E-state index contributed by atoms with van der Waals surface area (Å²) in [6.45, 7) is 3.77. The summed E-state index contributed by atoms with van der Waals surface area (Å²) in [4.78, 5) is 13.5. The molecule has 0 radical (unpaired) electrons. The number of nitrogens with one attached hydrogen (secondary N) is 1. The van der Waals surface area contributed by atoms with Crippen molar-refractivity contribution in [2.45, 2.75) is 31.4 Å². The second-order valence-electron chi connectivity index (χ2n) is 6.32. The van der Waals surface area contributed by atoms with Gasteiger partial charge in [-0.2, -0.15) is 0 Å². The third kappa shape index (κ3) is 4.06. The first kappa shape index (κ1) is 19.2. The summed E-state index contributed by atoms with van der Waals surface area (Å²) in [7, 11) is -2.24. The molecule has 0 saturated heterocycles. The van der Waals surface area contributed by atoms with Crippen LogP contribution >= 0.6 is 0 Å². The zero-order valence-electron chi connectivity index (χ0n) is 15.4. The quantitative estimate of drug-likeness (QED) is 0.847. The lowest BCUT2D eigenvalue weighted by atomic mass is 10.2. The Balaban J connectivity index is 1.87. The number of methoxy groups -OCH3 is 1. The molecule has 1 aliphatic heterocycles. The number of rotatable bonds is 5. The zero-order chi connectivity index (χ0) is 19.6. The molecule has 0 saturated carbocycles. The summed E-state index contributed by atoms with van der Waals surface area (Å²) >= 11 is 0. The lowest BCUT2D eigenvalue weighted by Crippen LogP contribution is -2.41. The minimum atomic E-state index is -3.78. The van der Waals surface area contributed by atoms with E-state index < -0.39 is 10.0 Å². The maximum Gasteiger partial charge on any atom is 0.240 e. The number of benzene rings is 2. The van der Waals surface area contributed by atoms with Crippen LogP contribution in [0.5, 0.6) is 11.5 Å². The maximum atomic E-state index is 12.7. The predicted octanol–water partition coefficient (Wildman–Crippen LogP) is 2.31. The van der Waals surface area contributed by atoms with Crippen molar-refractivity contribution in [3.63, 3.8) is 0 Å². The number of hydrogen-bond donors (Lipinski definition) is 1. The van der Waals surface area contributed by atoms with Crippen LogP contribution < -0.4 is 19.1 Å².